The van der Waals surface area contributed by atoms with E-state index < -0.39 is 0 Å². The zero-order valence-electron chi connectivity index (χ0n) is 10.1. The first-order chi connectivity index (χ1) is 8.83. The fraction of sp³-hybridized carbons (Fsp3) is 0.462. The number of nitrogens with one attached hydrogen (secondary N) is 1. The Hall–Kier alpha value is -1.59. The summed E-state index contributed by atoms with van der Waals surface area (Å²) in [4.78, 5) is 13.4. The van der Waals surface area contributed by atoms with E-state index in [2.05, 4.69) is 5.32 Å². The van der Waals surface area contributed by atoms with Crippen LogP contribution in [0.2, 0.25) is 0 Å². The number of anilines is 2. The van der Waals surface area contributed by atoms with Crippen molar-refractivity contribution in [3.63, 3.8) is 0 Å². The average molecular weight is 248 g/mol. The highest BCUT2D eigenvalue weighted by Crippen LogP contribution is 2.20. The third kappa shape index (κ3) is 2.63. The molecule has 96 valence electrons. The standard InChI is InChI=1S/C13H16N2O3/c16-13-9-17-6-5-15(13)11-3-1-10(2-4-11)14-7-12-8-18-12/h1-4,12,14H,5-9H2. The van der Waals surface area contributed by atoms with Crippen LogP contribution in [0.15, 0.2) is 24.3 Å². The SMILES string of the molecule is O=C1COCCN1c1ccc(NCC2CO2)cc1. The summed E-state index contributed by atoms with van der Waals surface area (Å²) >= 11 is 0. The topological polar surface area (TPSA) is 54.1 Å². The fourth-order valence-electron chi connectivity index (χ4n) is 1.97. The zero-order valence-corrected chi connectivity index (χ0v) is 10.1. The van der Waals surface area contributed by atoms with Gasteiger partial charge in [-0.25, -0.2) is 0 Å². The van der Waals surface area contributed by atoms with Crippen LogP contribution in [-0.2, 0) is 14.3 Å². The van der Waals surface area contributed by atoms with Gasteiger partial charge in [-0.15, -0.1) is 0 Å². The maximum absolute atomic E-state index is 11.7. The minimum atomic E-state index is 0.0216. The summed E-state index contributed by atoms with van der Waals surface area (Å²) in [5.74, 6) is 0.0216. The first-order valence-corrected chi connectivity index (χ1v) is 6.16. The molecule has 3 rings (SSSR count). The molecular formula is C13H16N2O3. The third-order valence-electron chi connectivity index (χ3n) is 3.10. The van der Waals surface area contributed by atoms with Crippen LogP contribution in [0.25, 0.3) is 0 Å². The summed E-state index contributed by atoms with van der Waals surface area (Å²) in [5, 5.41) is 3.29. The highest BCUT2D eigenvalue weighted by Gasteiger charge is 2.22. The molecule has 1 amide bonds. The molecule has 2 saturated heterocycles. The Morgan fingerprint density at radius 2 is 2.11 bits per heavy atom. The van der Waals surface area contributed by atoms with Crippen LogP contribution in [-0.4, -0.2) is 44.9 Å². The first-order valence-electron chi connectivity index (χ1n) is 6.16. The van der Waals surface area contributed by atoms with Gasteiger partial charge in [-0.3, -0.25) is 4.79 Å². The molecule has 2 aliphatic heterocycles. The van der Waals surface area contributed by atoms with Crippen molar-refractivity contribution in [1.29, 1.82) is 0 Å². The molecule has 0 spiro atoms. The number of rotatable bonds is 4. The molecule has 0 radical (unpaired) electrons. The molecular weight excluding hydrogens is 232 g/mol. The number of carbonyl (C=O) groups excluding carboxylic acids is 1. The van der Waals surface area contributed by atoms with Crippen molar-refractivity contribution < 1.29 is 14.3 Å². The molecule has 2 heterocycles. The number of benzene rings is 1. The Morgan fingerprint density at radius 3 is 2.78 bits per heavy atom. The monoisotopic (exact) mass is 248 g/mol. The average Bonchev–Trinajstić information content (AvgIpc) is 3.22. The number of morpholine rings is 1. The molecule has 1 aromatic carbocycles. The number of epoxide rings is 1. The molecule has 5 heteroatoms. The first kappa shape index (κ1) is 11.5. The van der Waals surface area contributed by atoms with Gasteiger partial charge >= 0.3 is 0 Å². The number of carbonyl (C=O) groups is 1. The second-order valence-corrected chi connectivity index (χ2v) is 4.48. The number of hydrogen-bond acceptors (Lipinski definition) is 4. The summed E-state index contributed by atoms with van der Waals surface area (Å²) in [6, 6.07) is 7.89. The predicted molar refractivity (Wildman–Crippen MR) is 67.8 cm³/mol. The molecule has 2 aliphatic rings. The van der Waals surface area contributed by atoms with Crippen molar-refractivity contribution in [3.8, 4) is 0 Å². The molecule has 0 bridgehead atoms. The molecule has 1 aromatic rings. The van der Waals surface area contributed by atoms with Gasteiger partial charge in [0.1, 0.15) is 6.61 Å². The van der Waals surface area contributed by atoms with Crippen LogP contribution in [0.1, 0.15) is 0 Å². The van der Waals surface area contributed by atoms with Crippen molar-refractivity contribution in [3.05, 3.63) is 24.3 Å². The molecule has 18 heavy (non-hydrogen) atoms. The van der Waals surface area contributed by atoms with Gasteiger partial charge in [0.25, 0.3) is 5.91 Å². The number of ether oxygens (including phenoxy) is 2. The van der Waals surface area contributed by atoms with Gasteiger partial charge < -0.3 is 19.7 Å². The van der Waals surface area contributed by atoms with Gasteiger partial charge in [0, 0.05) is 24.5 Å². The molecule has 1 N–H and O–H groups in total. The maximum Gasteiger partial charge on any atom is 0.253 e. The molecule has 1 atom stereocenters. The second kappa shape index (κ2) is 4.96. The van der Waals surface area contributed by atoms with E-state index in [1.54, 1.807) is 4.90 Å². The molecule has 0 aliphatic carbocycles. The van der Waals surface area contributed by atoms with Crippen molar-refractivity contribution >= 4 is 17.3 Å². The van der Waals surface area contributed by atoms with Crippen molar-refractivity contribution in [2.24, 2.45) is 0 Å². The van der Waals surface area contributed by atoms with Gasteiger partial charge in [0.15, 0.2) is 0 Å². The van der Waals surface area contributed by atoms with E-state index in [0.717, 1.165) is 24.5 Å². The Balaban J connectivity index is 1.63. The Labute approximate surface area is 106 Å². The van der Waals surface area contributed by atoms with E-state index in [9.17, 15) is 4.79 Å². The normalized spacial score (nSPS) is 23.0. The van der Waals surface area contributed by atoms with Crippen LogP contribution in [0.5, 0.6) is 0 Å². The van der Waals surface area contributed by atoms with E-state index in [0.29, 0.717) is 19.3 Å². The Bertz CT molecular complexity index is 428. The van der Waals surface area contributed by atoms with Crippen LogP contribution in [0.4, 0.5) is 11.4 Å². The summed E-state index contributed by atoms with van der Waals surface area (Å²) in [5.41, 5.74) is 1.98. The van der Waals surface area contributed by atoms with Crippen LogP contribution < -0.4 is 10.2 Å². The fourth-order valence-corrected chi connectivity index (χ4v) is 1.97. The summed E-state index contributed by atoms with van der Waals surface area (Å²) in [7, 11) is 0. The van der Waals surface area contributed by atoms with Crippen LogP contribution in [0, 0.1) is 0 Å². The lowest BCUT2D eigenvalue weighted by molar-refractivity contribution is -0.125. The molecule has 0 aromatic heterocycles. The maximum atomic E-state index is 11.7. The lowest BCUT2D eigenvalue weighted by atomic mass is 10.2. The van der Waals surface area contributed by atoms with E-state index in [1.807, 2.05) is 24.3 Å². The van der Waals surface area contributed by atoms with E-state index in [-0.39, 0.29) is 12.5 Å². The minimum absolute atomic E-state index is 0.0216. The van der Waals surface area contributed by atoms with Gasteiger partial charge in [0.05, 0.1) is 19.3 Å². The highest BCUT2D eigenvalue weighted by atomic mass is 16.6. The zero-order chi connectivity index (χ0) is 12.4. The second-order valence-electron chi connectivity index (χ2n) is 4.48. The minimum Gasteiger partial charge on any atom is -0.382 e. The van der Waals surface area contributed by atoms with Crippen LogP contribution in [0.3, 0.4) is 0 Å². The third-order valence-corrected chi connectivity index (χ3v) is 3.10. The van der Waals surface area contributed by atoms with Gasteiger partial charge in [0.2, 0.25) is 0 Å². The van der Waals surface area contributed by atoms with Crippen LogP contribution >= 0.6 is 0 Å². The van der Waals surface area contributed by atoms with Crippen molar-refractivity contribution in [2.45, 2.75) is 6.10 Å². The summed E-state index contributed by atoms with van der Waals surface area (Å²) < 4.78 is 10.2. The van der Waals surface area contributed by atoms with E-state index >= 15 is 0 Å². The Morgan fingerprint density at radius 1 is 1.33 bits per heavy atom. The smallest absolute Gasteiger partial charge is 0.253 e. The van der Waals surface area contributed by atoms with Gasteiger partial charge in [-0.05, 0) is 24.3 Å². The summed E-state index contributed by atoms with van der Waals surface area (Å²) in [6.07, 6.45) is 0.366. The highest BCUT2D eigenvalue weighted by molar-refractivity contribution is 5.94. The Kier molecular flexibility index (Phi) is 3.17. The number of hydrogen-bond donors (Lipinski definition) is 1. The summed E-state index contributed by atoms with van der Waals surface area (Å²) in [6.45, 7) is 3.11. The van der Waals surface area contributed by atoms with Crippen molar-refractivity contribution in [2.75, 3.05) is 43.1 Å². The quantitative estimate of drug-likeness (QED) is 0.803. The van der Waals surface area contributed by atoms with E-state index in [4.69, 9.17) is 9.47 Å². The lowest BCUT2D eigenvalue weighted by Crippen LogP contribution is -2.41. The predicted octanol–water partition coefficient (Wildman–Crippen LogP) is 0.860. The van der Waals surface area contributed by atoms with Gasteiger partial charge in [-0.2, -0.15) is 0 Å². The molecule has 0 saturated carbocycles. The molecule has 1 unspecified atom stereocenters. The largest absolute Gasteiger partial charge is 0.382 e. The molecule has 2 fully saturated rings. The number of amides is 1. The van der Waals surface area contributed by atoms with Gasteiger partial charge in [-0.1, -0.05) is 0 Å². The van der Waals surface area contributed by atoms with Crippen molar-refractivity contribution in [1.82, 2.24) is 0 Å². The number of nitrogens with zero attached hydrogens (tertiary/aromatic N) is 1. The lowest BCUT2D eigenvalue weighted by Gasteiger charge is -2.26. The van der Waals surface area contributed by atoms with E-state index in [1.165, 1.54) is 0 Å². The molecule has 5 nitrogen and oxygen atoms in total.